The number of rotatable bonds is 9. The molecule has 0 bridgehead atoms. The summed E-state index contributed by atoms with van der Waals surface area (Å²) in [5, 5.41) is 10.5. The Hall–Kier alpha value is -2.04. The van der Waals surface area contributed by atoms with E-state index < -0.39 is 6.09 Å². The fourth-order valence-corrected chi connectivity index (χ4v) is 4.48. The van der Waals surface area contributed by atoms with Crippen LogP contribution in [0.4, 0.5) is 4.79 Å². The summed E-state index contributed by atoms with van der Waals surface area (Å²) in [5.74, 6) is 0.383. The van der Waals surface area contributed by atoms with E-state index in [9.17, 15) is 9.90 Å². The third-order valence-corrected chi connectivity index (χ3v) is 6.00. The van der Waals surface area contributed by atoms with Crippen molar-refractivity contribution in [3.63, 3.8) is 0 Å². The highest BCUT2D eigenvalue weighted by Gasteiger charge is 2.56. The number of amides is 1. The minimum atomic E-state index is -0.864. The Morgan fingerprint density at radius 2 is 1.93 bits per heavy atom. The molecule has 4 nitrogen and oxygen atoms in total. The maximum atomic E-state index is 12.0. The summed E-state index contributed by atoms with van der Waals surface area (Å²) in [4.78, 5) is 13.6. The monoisotopic (exact) mass is 429 g/mol. The molecule has 1 aliphatic carbocycles. The van der Waals surface area contributed by atoms with Crippen LogP contribution in [0.1, 0.15) is 44.7 Å². The number of carboxylic acid groups (broad SMARTS) is 1. The lowest BCUT2D eigenvalue weighted by atomic mass is 9.90. The molecule has 2 atom stereocenters. The molecule has 0 saturated heterocycles. The van der Waals surface area contributed by atoms with Gasteiger partial charge in [-0.15, -0.1) is 0 Å². The van der Waals surface area contributed by atoms with E-state index in [4.69, 9.17) is 16.3 Å². The molecule has 0 aromatic heterocycles. The number of carbonyl (C=O) groups is 1. The molecule has 2 aromatic rings. The largest absolute Gasteiger partial charge is 0.465 e. The molecule has 5 heteroatoms. The Bertz CT molecular complexity index is 849. The topological polar surface area (TPSA) is 49.8 Å². The van der Waals surface area contributed by atoms with Crippen LogP contribution in [0.2, 0.25) is 5.02 Å². The van der Waals surface area contributed by atoms with Gasteiger partial charge in [0.2, 0.25) is 0 Å². The minimum Gasteiger partial charge on any atom is -0.465 e. The molecule has 2 aromatic carbocycles. The van der Waals surface area contributed by atoms with Gasteiger partial charge >= 0.3 is 6.09 Å². The molecule has 0 aliphatic heterocycles. The molecular weight excluding hydrogens is 398 g/mol. The molecule has 0 radical (unpaired) electrons. The van der Waals surface area contributed by atoms with E-state index in [2.05, 4.69) is 39.0 Å². The van der Waals surface area contributed by atoms with E-state index in [0.29, 0.717) is 37.2 Å². The average Bonchev–Trinajstić information content (AvgIpc) is 3.38. The lowest BCUT2D eigenvalue weighted by Crippen LogP contribution is -2.42. The van der Waals surface area contributed by atoms with Crippen LogP contribution in [0.5, 0.6) is 0 Å². The van der Waals surface area contributed by atoms with Crippen LogP contribution >= 0.6 is 11.6 Å². The van der Waals surface area contributed by atoms with Crippen LogP contribution in [-0.4, -0.2) is 35.8 Å². The SMILES string of the molecule is CC(C)(C)CN(C[C@]1(c2cccc(Cl)c2)C[C@@H]1CCOCc1ccccc1)C(=O)O. The van der Waals surface area contributed by atoms with Gasteiger partial charge in [-0.05, 0) is 47.4 Å². The lowest BCUT2D eigenvalue weighted by molar-refractivity contribution is 0.107. The maximum absolute atomic E-state index is 12.0. The number of ether oxygens (including phenoxy) is 1. The quantitative estimate of drug-likeness (QED) is 0.480. The normalized spacial score (nSPS) is 20.7. The number of halogens is 1. The Balaban J connectivity index is 1.68. The molecule has 0 unspecified atom stereocenters. The molecule has 1 saturated carbocycles. The van der Waals surface area contributed by atoms with Gasteiger partial charge in [-0.25, -0.2) is 4.79 Å². The van der Waals surface area contributed by atoms with Gasteiger partial charge in [-0.1, -0.05) is 74.8 Å². The second-order valence-electron chi connectivity index (χ2n) is 9.59. The second-order valence-corrected chi connectivity index (χ2v) is 10.0. The smallest absolute Gasteiger partial charge is 0.407 e. The van der Waals surface area contributed by atoms with E-state index in [1.807, 2.05) is 36.4 Å². The van der Waals surface area contributed by atoms with Gasteiger partial charge in [0.1, 0.15) is 0 Å². The fourth-order valence-electron chi connectivity index (χ4n) is 4.29. The van der Waals surface area contributed by atoms with E-state index in [1.165, 1.54) is 0 Å². The van der Waals surface area contributed by atoms with Crippen molar-refractivity contribution in [1.29, 1.82) is 0 Å². The zero-order chi connectivity index (χ0) is 21.8. The van der Waals surface area contributed by atoms with Gasteiger partial charge in [0.25, 0.3) is 0 Å². The minimum absolute atomic E-state index is 0.100. The van der Waals surface area contributed by atoms with Crippen molar-refractivity contribution in [3.05, 3.63) is 70.7 Å². The van der Waals surface area contributed by atoms with Crippen LogP contribution in [-0.2, 0) is 16.8 Å². The van der Waals surface area contributed by atoms with Crippen molar-refractivity contribution >= 4 is 17.7 Å². The standard InChI is InChI=1S/C25H32ClNO3/c1-24(2,3)17-27(23(28)29)18-25(20-10-7-11-22(26)14-20)15-21(25)12-13-30-16-19-8-5-4-6-9-19/h4-11,14,21H,12-13,15-18H2,1-3H3,(H,28,29)/t21-,25-/m0/s1. The van der Waals surface area contributed by atoms with E-state index in [-0.39, 0.29) is 10.8 Å². The first-order chi connectivity index (χ1) is 14.2. The highest BCUT2D eigenvalue weighted by Crippen LogP contribution is 2.57. The molecule has 1 amide bonds. The highest BCUT2D eigenvalue weighted by molar-refractivity contribution is 6.30. The molecule has 162 valence electrons. The maximum Gasteiger partial charge on any atom is 0.407 e. The van der Waals surface area contributed by atoms with Crippen LogP contribution in [0, 0.1) is 11.3 Å². The van der Waals surface area contributed by atoms with Gasteiger partial charge < -0.3 is 14.7 Å². The molecule has 1 aliphatic rings. The molecule has 0 heterocycles. The van der Waals surface area contributed by atoms with Crippen molar-refractivity contribution in [1.82, 2.24) is 4.90 Å². The van der Waals surface area contributed by atoms with Crippen LogP contribution < -0.4 is 0 Å². The summed E-state index contributed by atoms with van der Waals surface area (Å²) in [7, 11) is 0. The first kappa shape index (κ1) is 22.6. The van der Waals surface area contributed by atoms with Crippen molar-refractivity contribution < 1.29 is 14.6 Å². The van der Waals surface area contributed by atoms with Gasteiger partial charge in [0.15, 0.2) is 0 Å². The summed E-state index contributed by atoms with van der Waals surface area (Å²) in [6, 6.07) is 18.0. The summed E-state index contributed by atoms with van der Waals surface area (Å²) < 4.78 is 5.90. The predicted molar refractivity (Wildman–Crippen MR) is 121 cm³/mol. The van der Waals surface area contributed by atoms with Crippen molar-refractivity contribution in [3.8, 4) is 0 Å². The number of benzene rings is 2. The van der Waals surface area contributed by atoms with Gasteiger partial charge in [-0.3, -0.25) is 0 Å². The lowest BCUT2D eigenvalue weighted by Gasteiger charge is -2.32. The average molecular weight is 430 g/mol. The Morgan fingerprint density at radius 1 is 1.20 bits per heavy atom. The third kappa shape index (κ3) is 5.99. The van der Waals surface area contributed by atoms with Crippen molar-refractivity contribution in [2.75, 3.05) is 19.7 Å². The molecular formula is C25H32ClNO3. The Morgan fingerprint density at radius 3 is 2.57 bits per heavy atom. The Labute approximate surface area is 184 Å². The highest BCUT2D eigenvalue weighted by atomic mass is 35.5. The van der Waals surface area contributed by atoms with Crippen LogP contribution in [0.3, 0.4) is 0 Å². The predicted octanol–water partition coefficient (Wildman–Crippen LogP) is 6.23. The second kappa shape index (κ2) is 9.40. The van der Waals surface area contributed by atoms with E-state index in [1.54, 1.807) is 4.90 Å². The third-order valence-electron chi connectivity index (χ3n) is 5.76. The summed E-state index contributed by atoms with van der Waals surface area (Å²) in [6.07, 6.45) is 0.996. The van der Waals surface area contributed by atoms with Crippen molar-refractivity contribution in [2.45, 2.75) is 45.6 Å². The van der Waals surface area contributed by atoms with Crippen LogP contribution in [0.25, 0.3) is 0 Å². The number of nitrogens with zero attached hydrogens (tertiary/aromatic N) is 1. The Kier molecular flexibility index (Phi) is 7.10. The first-order valence-corrected chi connectivity index (χ1v) is 10.9. The molecule has 1 N–H and O–H groups in total. The zero-order valence-corrected chi connectivity index (χ0v) is 18.9. The van der Waals surface area contributed by atoms with Gasteiger partial charge in [0.05, 0.1) is 6.61 Å². The van der Waals surface area contributed by atoms with Gasteiger partial charge in [-0.2, -0.15) is 0 Å². The molecule has 1 fully saturated rings. The number of hydrogen-bond donors (Lipinski definition) is 1. The summed E-state index contributed by atoms with van der Waals surface area (Å²) >= 11 is 6.27. The molecule has 30 heavy (non-hydrogen) atoms. The molecule has 3 rings (SSSR count). The molecule has 0 spiro atoms. The van der Waals surface area contributed by atoms with E-state index in [0.717, 1.165) is 24.0 Å². The summed E-state index contributed by atoms with van der Waals surface area (Å²) in [5.41, 5.74) is 2.00. The van der Waals surface area contributed by atoms with Crippen molar-refractivity contribution in [2.24, 2.45) is 11.3 Å². The number of hydrogen-bond acceptors (Lipinski definition) is 2. The van der Waals surface area contributed by atoms with Crippen LogP contribution in [0.15, 0.2) is 54.6 Å². The first-order valence-electron chi connectivity index (χ1n) is 10.6. The fraction of sp³-hybridized carbons (Fsp3) is 0.480. The zero-order valence-electron chi connectivity index (χ0n) is 18.1. The summed E-state index contributed by atoms with van der Waals surface area (Å²) in [6.45, 7) is 8.45. The van der Waals surface area contributed by atoms with E-state index >= 15 is 0 Å². The van der Waals surface area contributed by atoms with Gasteiger partial charge in [0, 0.05) is 30.1 Å².